The largest absolute Gasteiger partial charge is 0.503 e. The molecule has 0 saturated carbocycles. The summed E-state index contributed by atoms with van der Waals surface area (Å²) in [6, 6.07) is 8.83. The summed E-state index contributed by atoms with van der Waals surface area (Å²) in [6.45, 7) is 5.98. The van der Waals surface area contributed by atoms with Crippen molar-refractivity contribution in [3.8, 4) is 11.5 Å². The van der Waals surface area contributed by atoms with E-state index in [1.807, 2.05) is 0 Å². The number of Topliss-reactive ketones (excluding diaryl/α,β-unsaturated/α-hetero) is 1. The van der Waals surface area contributed by atoms with Crippen molar-refractivity contribution in [2.24, 2.45) is 0 Å². The van der Waals surface area contributed by atoms with Gasteiger partial charge in [-0.2, -0.15) is 0 Å². The predicted octanol–water partition coefficient (Wildman–Crippen LogP) is 4.85. The smallest absolute Gasteiger partial charge is 0.295 e. The van der Waals surface area contributed by atoms with E-state index in [2.05, 4.69) is 12.1 Å². The zero-order valence-corrected chi connectivity index (χ0v) is 19.5. The highest BCUT2D eigenvalue weighted by molar-refractivity contribution is 6.20. The summed E-state index contributed by atoms with van der Waals surface area (Å²) >= 11 is 0. The van der Waals surface area contributed by atoms with Gasteiger partial charge in [0.1, 0.15) is 11.5 Å². The van der Waals surface area contributed by atoms with Crippen LogP contribution < -0.4 is 14.4 Å². The fourth-order valence-corrected chi connectivity index (χ4v) is 3.84. The van der Waals surface area contributed by atoms with Crippen LogP contribution in [0.15, 0.2) is 56.7 Å². The molecule has 0 bridgehead atoms. The summed E-state index contributed by atoms with van der Waals surface area (Å²) in [5.41, 5.74) is 0.395. The number of ketones is 1. The molecule has 3 aromatic rings. The second-order valence-corrected chi connectivity index (χ2v) is 7.99. The van der Waals surface area contributed by atoms with Gasteiger partial charge in [-0.05, 0) is 50.1 Å². The highest BCUT2D eigenvalue weighted by atomic mass is 16.5. The van der Waals surface area contributed by atoms with Crippen LogP contribution in [0.1, 0.15) is 53.4 Å². The number of hydrogen-bond acceptors (Lipinski definition) is 8. The third-order valence-electron chi connectivity index (χ3n) is 5.54. The van der Waals surface area contributed by atoms with Crippen molar-refractivity contribution in [3.63, 3.8) is 0 Å². The van der Waals surface area contributed by atoms with E-state index < -0.39 is 23.5 Å². The van der Waals surface area contributed by atoms with E-state index in [1.165, 1.54) is 18.1 Å². The summed E-state index contributed by atoms with van der Waals surface area (Å²) in [6.07, 6.45) is 1.87. The molecule has 1 aromatic carbocycles. The Balaban J connectivity index is 1.82. The van der Waals surface area contributed by atoms with Gasteiger partial charge in [0.25, 0.3) is 5.91 Å². The summed E-state index contributed by atoms with van der Waals surface area (Å²) in [5, 5.41) is 14.7. The third kappa shape index (κ3) is 4.16. The van der Waals surface area contributed by atoms with Gasteiger partial charge in [0.05, 0.1) is 25.3 Å². The Morgan fingerprint density at radius 1 is 1.15 bits per heavy atom. The number of aliphatic hydroxyl groups excluding tert-OH is 1. The van der Waals surface area contributed by atoms with Gasteiger partial charge in [-0.25, -0.2) is 0 Å². The fraction of sp³-hybridized carbons (Fsp3) is 0.320. The molecule has 4 rings (SSSR count). The molecule has 0 saturated heterocycles. The zero-order valence-electron chi connectivity index (χ0n) is 19.5. The van der Waals surface area contributed by atoms with E-state index in [4.69, 9.17) is 18.4 Å². The van der Waals surface area contributed by atoms with Crippen LogP contribution in [-0.4, -0.2) is 35.7 Å². The van der Waals surface area contributed by atoms with Gasteiger partial charge in [0.2, 0.25) is 5.78 Å². The highest BCUT2D eigenvalue weighted by Crippen LogP contribution is 2.43. The van der Waals surface area contributed by atoms with Crippen molar-refractivity contribution in [3.05, 3.63) is 70.6 Å². The highest BCUT2D eigenvalue weighted by Gasteiger charge is 2.46. The first kappa shape index (κ1) is 23.2. The molecule has 9 heteroatoms. The summed E-state index contributed by atoms with van der Waals surface area (Å²) < 4.78 is 22.0. The Morgan fingerprint density at radius 3 is 2.56 bits per heavy atom. The van der Waals surface area contributed by atoms with E-state index in [0.29, 0.717) is 35.2 Å². The van der Waals surface area contributed by atoms with Gasteiger partial charge < -0.3 is 23.5 Å². The fourth-order valence-electron chi connectivity index (χ4n) is 3.84. The number of carbonyl (C=O) groups is 2. The van der Waals surface area contributed by atoms with Crippen molar-refractivity contribution in [2.75, 3.05) is 18.6 Å². The molecular formula is C25H26N2O7. The quantitative estimate of drug-likeness (QED) is 0.351. The van der Waals surface area contributed by atoms with Gasteiger partial charge in [-0.1, -0.05) is 24.6 Å². The SMILES string of the molecule is CCCCOc1ccc([C@H]2C(C(=O)c3ccc(C)o3)=C(O)C(=O)N2c2cc(C)on2)cc1OC. The summed E-state index contributed by atoms with van der Waals surface area (Å²) in [7, 11) is 1.51. The Kier molecular flexibility index (Phi) is 6.45. The Morgan fingerprint density at radius 2 is 1.94 bits per heavy atom. The van der Waals surface area contributed by atoms with Crippen molar-refractivity contribution in [2.45, 2.75) is 39.7 Å². The molecule has 0 spiro atoms. The molecule has 2 aromatic heterocycles. The van der Waals surface area contributed by atoms with E-state index in [1.54, 1.807) is 44.2 Å². The number of hydrogen-bond donors (Lipinski definition) is 1. The van der Waals surface area contributed by atoms with Crippen LogP contribution in [-0.2, 0) is 4.79 Å². The molecule has 1 atom stereocenters. The maximum atomic E-state index is 13.4. The second kappa shape index (κ2) is 9.46. The van der Waals surface area contributed by atoms with Crippen molar-refractivity contribution in [1.82, 2.24) is 5.16 Å². The normalized spacial score (nSPS) is 15.8. The minimum Gasteiger partial charge on any atom is -0.503 e. The molecule has 178 valence electrons. The number of aromatic nitrogens is 1. The molecule has 3 heterocycles. The number of carbonyl (C=O) groups excluding carboxylic acids is 2. The molecule has 1 aliphatic heterocycles. The first-order valence-electron chi connectivity index (χ1n) is 11.0. The lowest BCUT2D eigenvalue weighted by molar-refractivity contribution is -0.117. The summed E-state index contributed by atoms with van der Waals surface area (Å²) in [5.74, 6) is 0.109. The molecule has 0 radical (unpaired) electrons. The topological polar surface area (TPSA) is 115 Å². The first-order valence-corrected chi connectivity index (χ1v) is 11.0. The third-order valence-corrected chi connectivity index (χ3v) is 5.54. The van der Waals surface area contributed by atoms with Gasteiger partial charge in [-0.15, -0.1) is 0 Å². The van der Waals surface area contributed by atoms with Crippen LogP contribution in [0.5, 0.6) is 11.5 Å². The average molecular weight is 466 g/mol. The number of methoxy groups -OCH3 is 1. The number of aryl methyl sites for hydroxylation is 2. The average Bonchev–Trinajstić information content (AvgIpc) is 3.52. The molecule has 0 unspecified atom stereocenters. The molecule has 9 nitrogen and oxygen atoms in total. The lowest BCUT2D eigenvalue weighted by atomic mass is 9.94. The predicted molar refractivity (Wildman–Crippen MR) is 122 cm³/mol. The maximum Gasteiger partial charge on any atom is 0.295 e. The van der Waals surface area contributed by atoms with Crippen LogP contribution in [0, 0.1) is 13.8 Å². The minimum absolute atomic E-state index is 0.0153. The van der Waals surface area contributed by atoms with Crippen molar-refractivity contribution in [1.29, 1.82) is 0 Å². The molecule has 0 aliphatic carbocycles. The monoisotopic (exact) mass is 466 g/mol. The molecule has 1 N–H and O–H groups in total. The Bertz CT molecular complexity index is 1250. The second-order valence-electron chi connectivity index (χ2n) is 7.99. The molecule has 1 amide bonds. The van der Waals surface area contributed by atoms with Crippen molar-refractivity contribution < 1.29 is 33.1 Å². The number of nitrogens with zero attached hydrogens (tertiary/aromatic N) is 2. The van der Waals surface area contributed by atoms with Gasteiger partial charge >= 0.3 is 0 Å². The number of amides is 1. The van der Waals surface area contributed by atoms with E-state index >= 15 is 0 Å². The number of unbranched alkanes of at least 4 members (excludes halogenated alkanes) is 1. The summed E-state index contributed by atoms with van der Waals surface area (Å²) in [4.78, 5) is 27.8. The van der Waals surface area contributed by atoms with E-state index in [9.17, 15) is 14.7 Å². The number of anilines is 1. The first-order chi connectivity index (χ1) is 16.3. The van der Waals surface area contributed by atoms with E-state index in [-0.39, 0.29) is 17.2 Å². The number of benzene rings is 1. The van der Waals surface area contributed by atoms with Crippen LogP contribution in [0.25, 0.3) is 0 Å². The van der Waals surface area contributed by atoms with Crippen molar-refractivity contribution >= 4 is 17.5 Å². The van der Waals surface area contributed by atoms with Crippen LogP contribution >= 0.6 is 0 Å². The van der Waals surface area contributed by atoms with Crippen LogP contribution in [0.4, 0.5) is 5.82 Å². The molecule has 34 heavy (non-hydrogen) atoms. The van der Waals surface area contributed by atoms with Gasteiger partial charge in [0, 0.05) is 6.07 Å². The lowest BCUT2D eigenvalue weighted by Crippen LogP contribution is -2.31. The van der Waals surface area contributed by atoms with Crippen LogP contribution in [0.3, 0.4) is 0 Å². The Hall–Kier alpha value is -4.01. The van der Waals surface area contributed by atoms with Crippen LogP contribution in [0.2, 0.25) is 0 Å². The maximum absolute atomic E-state index is 13.4. The lowest BCUT2D eigenvalue weighted by Gasteiger charge is -2.25. The number of aliphatic hydroxyl groups is 1. The molecular weight excluding hydrogens is 440 g/mol. The Labute approximate surface area is 196 Å². The van der Waals surface area contributed by atoms with E-state index in [0.717, 1.165) is 12.8 Å². The number of ether oxygens (including phenoxy) is 2. The number of furan rings is 1. The molecule has 0 fully saturated rings. The van der Waals surface area contributed by atoms with Gasteiger partial charge in [0.15, 0.2) is 28.8 Å². The van der Waals surface area contributed by atoms with Gasteiger partial charge in [-0.3, -0.25) is 14.5 Å². The standard InChI is InChI=1S/C25H26N2O7/c1-5-6-11-32-17-10-8-16(13-19(17)31-4)22-21(23(28)18-9-7-14(2)33-18)24(29)25(30)27(22)20-12-15(3)34-26-20/h7-10,12-13,22,29H,5-6,11H2,1-4H3/t22-/m0/s1. The minimum atomic E-state index is -0.992. The molecule has 1 aliphatic rings. The zero-order chi connectivity index (χ0) is 24.4. The number of rotatable bonds is 9.